The monoisotopic (exact) mass is 284 g/mol. The average Bonchev–Trinajstić information content (AvgIpc) is 2.41. The number of rotatable bonds is 1. The lowest BCUT2D eigenvalue weighted by molar-refractivity contribution is -0.134. The number of nitrogens with one attached hydrogen (secondary N) is 1. The summed E-state index contributed by atoms with van der Waals surface area (Å²) < 4.78 is 20.1. The Hall–Kier alpha value is -0.690. The van der Waals surface area contributed by atoms with Crippen LogP contribution in [-0.4, -0.2) is 73.9 Å². The lowest BCUT2D eigenvalue weighted by Crippen LogP contribution is -2.61. The average molecular weight is 284 g/mol. The molecular weight excluding hydrogens is 259 g/mol. The molecule has 2 unspecified atom stereocenters. The zero-order valence-corrected chi connectivity index (χ0v) is 12.1. The van der Waals surface area contributed by atoms with Crippen LogP contribution >= 0.6 is 0 Å². The van der Waals surface area contributed by atoms with Crippen molar-refractivity contribution in [1.82, 2.24) is 15.1 Å². The number of halogens is 1. The van der Waals surface area contributed by atoms with Gasteiger partial charge in [0, 0.05) is 45.0 Å². The molecule has 0 aromatic carbocycles. The molecule has 0 bridgehead atoms. The van der Waals surface area contributed by atoms with Gasteiger partial charge in [-0.25, -0.2) is 4.39 Å². The molecule has 3 aliphatic rings. The highest BCUT2D eigenvalue weighted by molar-refractivity contribution is 5.12. The topological polar surface area (TPSA) is 53.8 Å². The van der Waals surface area contributed by atoms with E-state index in [9.17, 15) is 4.39 Å². The van der Waals surface area contributed by atoms with Gasteiger partial charge in [0.1, 0.15) is 5.83 Å². The third-order valence-corrected chi connectivity index (χ3v) is 4.82. The van der Waals surface area contributed by atoms with E-state index in [0.29, 0.717) is 6.54 Å². The summed E-state index contributed by atoms with van der Waals surface area (Å²) in [5, 5.41) is 2.90. The Morgan fingerprint density at radius 2 is 2.15 bits per heavy atom. The smallest absolute Gasteiger partial charge is 0.134 e. The van der Waals surface area contributed by atoms with Crippen molar-refractivity contribution >= 4 is 0 Å². The van der Waals surface area contributed by atoms with Crippen LogP contribution in [0.1, 0.15) is 12.8 Å². The fourth-order valence-electron chi connectivity index (χ4n) is 3.69. The first-order valence-electron chi connectivity index (χ1n) is 7.51. The second-order valence-electron chi connectivity index (χ2n) is 6.35. The molecule has 20 heavy (non-hydrogen) atoms. The van der Waals surface area contributed by atoms with E-state index in [2.05, 4.69) is 22.2 Å². The predicted octanol–water partition coefficient (Wildman–Crippen LogP) is -0.107. The standard InChI is InChI=1S/C14H25FN4O/c1-18-6-7-20-14(10-18)2-4-19(5-3-14)13-11(15)8-17-9-12(13)16/h8,12-13,17H,2-7,9-10,16H2,1H3. The van der Waals surface area contributed by atoms with Crippen LogP contribution in [-0.2, 0) is 4.74 Å². The van der Waals surface area contributed by atoms with Gasteiger partial charge in [-0.2, -0.15) is 0 Å². The minimum absolute atomic E-state index is 0.0271. The first kappa shape index (κ1) is 14.3. The van der Waals surface area contributed by atoms with Gasteiger partial charge in [0.05, 0.1) is 18.2 Å². The molecular formula is C14H25FN4O. The van der Waals surface area contributed by atoms with Crippen LogP contribution < -0.4 is 11.1 Å². The van der Waals surface area contributed by atoms with E-state index >= 15 is 0 Å². The molecule has 2 saturated heterocycles. The lowest BCUT2D eigenvalue weighted by atomic mass is 9.87. The minimum atomic E-state index is -0.269. The number of hydrogen-bond acceptors (Lipinski definition) is 5. The molecule has 0 amide bonds. The third-order valence-electron chi connectivity index (χ3n) is 4.82. The van der Waals surface area contributed by atoms with Crippen LogP contribution in [0.25, 0.3) is 0 Å². The normalized spacial score (nSPS) is 35.6. The van der Waals surface area contributed by atoms with E-state index in [4.69, 9.17) is 10.5 Å². The third kappa shape index (κ3) is 2.70. The van der Waals surface area contributed by atoms with Crippen molar-refractivity contribution in [1.29, 1.82) is 0 Å². The molecule has 5 nitrogen and oxygen atoms in total. The van der Waals surface area contributed by atoms with Gasteiger partial charge in [-0.1, -0.05) is 0 Å². The van der Waals surface area contributed by atoms with Crippen molar-refractivity contribution in [3.05, 3.63) is 12.0 Å². The van der Waals surface area contributed by atoms with Crippen LogP contribution in [0, 0.1) is 0 Å². The molecule has 3 heterocycles. The maximum Gasteiger partial charge on any atom is 0.134 e. The van der Waals surface area contributed by atoms with Gasteiger partial charge >= 0.3 is 0 Å². The molecule has 6 heteroatoms. The summed E-state index contributed by atoms with van der Waals surface area (Å²) in [7, 11) is 2.14. The van der Waals surface area contributed by atoms with Crippen molar-refractivity contribution < 1.29 is 9.13 Å². The molecule has 2 atom stereocenters. The SMILES string of the molecule is CN1CCOC2(CCN(C3C(F)=CNCC3N)CC2)C1. The molecule has 0 aliphatic carbocycles. The number of hydrogen-bond donors (Lipinski definition) is 2. The van der Waals surface area contributed by atoms with E-state index < -0.39 is 0 Å². The quantitative estimate of drug-likeness (QED) is 0.704. The van der Waals surface area contributed by atoms with Crippen LogP contribution in [0.2, 0.25) is 0 Å². The second kappa shape index (κ2) is 5.60. The highest BCUT2D eigenvalue weighted by atomic mass is 19.1. The van der Waals surface area contributed by atoms with Crippen molar-refractivity contribution in [3.63, 3.8) is 0 Å². The Labute approximate surface area is 119 Å². The molecule has 0 aromatic heterocycles. The summed E-state index contributed by atoms with van der Waals surface area (Å²) in [6.07, 6.45) is 3.38. The highest BCUT2D eigenvalue weighted by Gasteiger charge is 2.42. The van der Waals surface area contributed by atoms with Crippen molar-refractivity contribution in [2.45, 2.75) is 30.5 Å². The van der Waals surface area contributed by atoms with E-state index in [0.717, 1.165) is 45.6 Å². The first-order valence-corrected chi connectivity index (χ1v) is 7.51. The number of ether oxygens (including phenoxy) is 1. The van der Waals surface area contributed by atoms with Crippen LogP contribution in [0.4, 0.5) is 4.39 Å². The molecule has 3 N–H and O–H groups in total. The fourth-order valence-corrected chi connectivity index (χ4v) is 3.69. The fraction of sp³-hybridized carbons (Fsp3) is 0.857. The van der Waals surface area contributed by atoms with Crippen LogP contribution in [0.5, 0.6) is 0 Å². The van der Waals surface area contributed by atoms with Gasteiger partial charge in [0.15, 0.2) is 0 Å². The number of morpholine rings is 1. The van der Waals surface area contributed by atoms with Gasteiger partial charge in [0.25, 0.3) is 0 Å². The number of likely N-dealkylation sites (N-methyl/N-ethyl adjacent to an activating group) is 1. The molecule has 114 valence electrons. The Morgan fingerprint density at radius 3 is 2.80 bits per heavy atom. The number of nitrogens with two attached hydrogens (primary N) is 1. The van der Waals surface area contributed by atoms with Gasteiger partial charge in [0.2, 0.25) is 0 Å². The molecule has 3 aliphatic heterocycles. The maximum atomic E-state index is 14.0. The molecule has 3 rings (SSSR count). The Morgan fingerprint density at radius 1 is 1.40 bits per heavy atom. The molecule has 0 saturated carbocycles. The molecule has 2 fully saturated rings. The van der Waals surface area contributed by atoms with E-state index in [1.165, 1.54) is 6.20 Å². The number of nitrogens with zero attached hydrogens (tertiary/aromatic N) is 2. The van der Waals surface area contributed by atoms with Crippen LogP contribution in [0.15, 0.2) is 12.0 Å². The zero-order chi connectivity index (χ0) is 14.2. The van der Waals surface area contributed by atoms with Gasteiger partial charge in [-0.3, -0.25) is 4.90 Å². The van der Waals surface area contributed by atoms with Gasteiger partial charge in [-0.15, -0.1) is 0 Å². The van der Waals surface area contributed by atoms with E-state index in [-0.39, 0.29) is 23.5 Å². The Balaban J connectivity index is 1.63. The van der Waals surface area contributed by atoms with E-state index in [1.54, 1.807) is 0 Å². The predicted molar refractivity (Wildman–Crippen MR) is 75.9 cm³/mol. The summed E-state index contributed by atoms with van der Waals surface area (Å²) in [5.74, 6) is -0.138. The first-order chi connectivity index (χ1) is 9.60. The molecule has 0 aromatic rings. The van der Waals surface area contributed by atoms with Gasteiger partial charge in [-0.05, 0) is 19.9 Å². The van der Waals surface area contributed by atoms with Crippen LogP contribution in [0.3, 0.4) is 0 Å². The number of piperidine rings is 1. The molecule has 1 spiro atoms. The number of likely N-dealkylation sites (tertiary alicyclic amines) is 1. The van der Waals surface area contributed by atoms with Crippen molar-refractivity contribution in [3.8, 4) is 0 Å². The zero-order valence-electron chi connectivity index (χ0n) is 12.1. The summed E-state index contributed by atoms with van der Waals surface area (Å²) in [6.45, 7) is 5.14. The van der Waals surface area contributed by atoms with Gasteiger partial charge < -0.3 is 20.7 Å². The highest BCUT2D eigenvalue weighted by Crippen LogP contribution is 2.32. The Bertz CT molecular complexity index is 381. The Kier molecular flexibility index (Phi) is 3.99. The minimum Gasteiger partial charge on any atom is -0.387 e. The van der Waals surface area contributed by atoms with E-state index in [1.807, 2.05) is 0 Å². The summed E-state index contributed by atoms with van der Waals surface area (Å²) in [4.78, 5) is 4.51. The summed E-state index contributed by atoms with van der Waals surface area (Å²) in [5.41, 5.74) is 6.04. The van der Waals surface area contributed by atoms with Crippen molar-refractivity contribution in [2.75, 3.05) is 46.4 Å². The van der Waals surface area contributed by atoms with Crippen molar-refractivity contribution in [2.24, 2.45) is 5.73 Å². The molecule has 0 radical (unpaired) electrons. The lowest BCUT2D eigenvalue weighted by Gasteiger charge is -2.48. The maximum absolute atomic E-state index is 14.0. The second-order valence-corrected chi connectivity index (χ2v) is 6.35. The summed E-state index contributed by atoms with van der Waals surface area (Å²) in [6, 6.07) is -0.445. The largest absolute Gasteiger partial charge is 0.387 e. The summed E-state index contributed by atoms with van der Waals surface area (Å²) >= 11 is 0.